The van der Waals surface area contributed by atoms with Crippen LogP contribution in [0.2, 0.25) is 0 Å². The van der Waals surface area contributed by atoms with E-state index >= 15 is 0 Å². The number of hydrogen-bond donors (Lipinski definition) is 1. The van der Waals surface area contributed by atoms with Gasteiger partial charge in [-0.2, -0.15) is 0 Å². The van der Waals surface area contributed by atoms with Crippen LogP contribution in [0.5, 0.6) is 0 Å². The standard InChI is InChI=1S/C15H17NO3/c1-9-13(14(18)19-15(2,3)4)11-7-10(8-17)5-6-12(11)16-9/h5-8,16H,1-4H3. The number of nitrogens with one attached hydrogen (secondary N) is 1. The van der Waals surface area contributed by atoms with Gasteiger partial charge in [-0.15, -0.1) is 0 Å². The van der Waals surface area contributed by atoms with Crippen molar-refractivity contribution < 1.29 is 14.3 Å². The summed E-state index contributed by atoms with van der Waals surface area (Å²) >= 11 is 0. The highest BCUT2D eigenvalue weighted by Gasteiger charge is 2.22. The third-order valence-corrected chi connectivity index (χ3v) is 2.75. The lowest BCUT2D eigenvalue weighted by Crippen LogP contribution is -2.24. The number of fused-ring (bicyclic) bond motifs is 1. The topological polar surface area (TPSA) is 59.2 Å². The minimum absolute atomic E-state index is 0.376. The summed E-state index contributed by atoms with van der Waals surface area (Å²) < 4.78 is 5.40. The van der Waals surface area contributed by atoms with Gasteiger partial charge in [0.2, 0.25) is 0 Å². The van der Waals surface area contributed by atoms with Crippen molar-refractivity contribution in [1.82, 2.24) is 4.98 Å². The Labute approximate surface area is 111 Å². The van der Waals surface area contributed by atoms with E-state index in [0.717, 1.165) is 22.9 Å². The fraction of sp³-hybridized carbons (Fsp3) is 0.333. The van der Waals surface area contributed by atoms with Crippen molar-refractivity contribution in [2.45, 2.75) is 33.3 Å². The van der Waals surface area contributed by atoms with Gasteiger partial charge in [0.15, 0.2) is 0 Å². The minimum Gasteiger partial charge on any atom is -0.456 e. The zero-order valence-corrected chi connectivity index (χ0v) is 11.5. The quantitative estimate of drug-likeness (QED) is 0.665. The smallest absolute Gasteiger partial charge is 0.341 e. The molecule has 4 heteroatoms. The summed E-state index contributed by atoms with van der Waals surface area (Å²) in [5.74, 6) is -0.376. The van der Waals surface area contributed by atoms with Gasteiger partial charge in [-0.25, -0.2) is 4.79 Å². The Balaban J connectivity index is 2.55. The molecule has 0 aliphatic heterocycles. The SMILES string of the molecule is Cc1[nH]c2ccc(C=O)cc2c1C(=O)OC(C)(C)C. The molecule has 0 bridgehead atoms. The predicted octanol–water partition coefficient (Wildman–Crippen LogP) is 3.24. The zero-order chi connectivity index (χ0) is 14.2. The monoisotopic (exact) mass is 259 g/mol. The van der Waals surface area contributed by atoms with Crippen molar-refractivity contribution in [3.05, 3.63) is 35.0 Å². The van der Waals surface area contributed by atoms with Crippen LogP contribution < -0.4 is 0 Å². The van der Waals surface area contributed by atoms with E-state index in [9.17, 15) is 9.59 Å². The van der Waals surface area contributed by atoms with Gasteiger partial charge >= 0.3 is 5.97 Å². The van der Waals surface area contributed by atoms with Gasteiger partial charge in [0.05, 0.1) is 5.56 Å². The average Bonchev–Trinajstić information content (AvgIpc) is 2.61. The lowest BCUT2D eigenvalue weighted by Gasteiger charge is -2.19. The van der Waals surface area contributed by atoms with Crippen molar-refractivity contribution in [2.75, 3.05) is 0 Å². The third kappa shape index (κ3) is 2.67. The molecule has 0 amide bonds. The Morgan fingerprint density at radius 1 is 1.32 bits per heavy atom. The number of carbonyl (C=O) groups is 2. The fourth-order valence-electron chi connectivity index (χ4n) is 2.01. The van der Waals surface area contributed by atoms with Crippen molar-refractivity contribution in [3.63, 3.8) is 0 Å². The number of H-pyrrole nitrogens is 1. The molecular weight excluding hydrogens is 242 g/mol. The molecule has 4 nitrogen and oxygen atoms in total. The van der Waals surface area contributed by atoms with Gasteiger partial charge < -0.3 is 9.72 Å². The highest BCUT2D eigenvalue weighted by molar-refractivity contribution is 6.06. The molecule has 1 aromatic heterocycles. The van der Waals surface area contributed by atoms with Gasteiger partial charge in [-0.05, 0) is 45.9 Å². The first-order valence-electron chi connectivity index (χ1n) is 6.12. The second kappa shape index (κ2) is 4.53. The van der Waals surface area contributed by atoms with E-state index in [2.05, 4.69) is 4.98 Å². The summed E-state index contributed by atoms with van der Waals surface area (Å²) in [6.45, 7) is 7.30. The molecule has 1 aromatic carbocycles. The number of esters is 1. The van der Waals surface area contributed by atoms with E-state index < -0.39 is 5.60 Å². The van der Waals surface area contributed by atoms with Crippen molar-refractivity contribution >= 4 is 23.2 Å². The molecule has 0 atom stereocenters. The molecular formula is C15H17NO3. The Hall–Kier alpha value is -2.10. The number of hydrogen-bond acceptors (Lipinski definition) is 3. The Bertz CT molecular complexity index is 647. The first kappa shape index (κ1) is 13.3. The number of rotatable bonds is 2. The second-order valence-electron chi connectivity index (χ2n) is 5.55. The molecule has 2 rings (SSSR count). The van der Waals surface area contributed by atoms with Gasteiger partial charge in [-0.3, -0.25) is 4.79 Å². The predicted molar refractivity (Wildman–Crippen MR) is 73.6 cm³/mol. The maximum Gasteiger partial charge on any atom is 0.341 e. The molecule has 0 aliphatic rings. The first-order valence-corrected chi connectivity index (χ1v) is 6.12. The number of aldehydes is 1. The van der Waals surface area contributed by atoms with E-state index in [-0.39, 0.29) is 5.97 Å². The molecule has 0 spiro atoms. The van der Waals surface area contributed by atoms with E-state index in [1.165, 1.54) is 0 Å². The van der Waals surface area contributed by atoms with Crippen LogP contribution in [0.1, 0.15) is 47.2 Å². The molecule has 0 fully saturated rings. The van der Waals surface area contributed by atoms with Crippen LogP contribution in [-0.2, 0) is 4.74 Å². The largest absolute Gasteiger partial charge is 0.456 e. The normalized spacial score (nSPS) is 11.6. The summed E-state index contributed by atoms with van der Waals surface area (Å²) in [4.78, 5) is 26.2. The van der Waals surface area contributed by atoms with E-state index in [4.69, 9.17) is 4.74 Å². The number of aryl methyl sites for hydroxylation is 1. The number of benzene rings is 1. The lowest BCUT2D eigenvalue weighted by molar-refractivity contribution is 0.00710. The molecule has 1 heterocycles. The molecule has 19 heavy (non-hydrogen) atoms. The summed E-state index contributed by atoms with van der Waals surface area (Å²) in [6.07, 6.45) is 0.765. The molecule has 0 aliphatic carbocycles. The zero-order valence-electron chi connectivity index (χ0n) is 11.5. The second-order valence-corrected chi connectivity index (χ2v) is 5.55. The van der Waals surface area contributed by atoms with Crippen molar-refractivity contribution in [3.8, 4) is 0 Å². The Morgan fingerprint density at radius 3 is 2.58 bits per heavy atom. The maximum absolute atomic E-state index is 12.2. The Kier molecular flexibility index (Phi) is 3.18. The van der Waals surface area contributed by atoms with Crippen molar-refractivity contribution in [2.24, 2.45) is 0 Å². The van der Waals surface area contributed by atoms with Gasteiger partial charge in [0.1, 0.15) is 11.9 Å². The van der Waals surface area contributed by atoms with Crippen LogP contribution in [0.25, 0.3) is 10.9 Å². The number of carbonyl (C=O) groups excluding carboxylic acids is 2. The molecule has 0 unspecified atom stereocenters. The third-order valence-electron chi connectivity index (χ3n) is 2.75. The van der Waals surface area contributed by atoms with Gasteiger partial charge in [0.25, 0.3) is 0 Å². The van der Waals surface area contributed by atoms with Crippen LogP contribution in [0.15, 0.2) is 18.2 Å². The first-order chi connectivity index (χ1) is 8.81. The molecule has 1 N–H and O–H groups in total. The van der Waals surface area contributed by atoms with E-state index in [0.29, 0.717) is 11.1 Å². The molecule has 2 aromatic rings. The average molecular weight is 259 g/mol. The summed E-state index contributed by atoms with van der Waals surface area (Å²) in [5.41, 5.74) is 2.05. The van der Waals surface area contributed by atoms with Gasteiger partial charge in [0, 0.05) is 22.2 Å². The van der Waals surface area contributed by atoms with Crippen LogP contribution in [0.4, 0.5) is 0 Å². The Morgan fingerprint density at radius 2 is 2.00 bits per heavy atom. The number of aromatic amines is 1. The van der Waals surface area contributed by atoms with Crippen LogP contribution in [0, 0.1) is 6.92 Å². The van der Waals surface area contributed by atoms with Gasteiger partial charge in [-0.1, -0.05) is 0 Å². The maximum atomic E-state index is 12.2. The summed E-state index contributed by atoms with van der Waals surface area (Å²) in [7, 11) is 0. The highest BCUT2D eigenvalue weighted by Crippen LogP contribution is 2.25. The summed E-state index contributed by atoms with van der Waals surface area (Å²) in [6, 6.07) is 5.20. The molecule has 0 saturated heterocycles. The molecule has 0 radical (unpaired) electrons. The van der Waals surface area contributed by atoms with E-state index in [1.807, 2.05) is 27.7 Å². The molecule has 0 saturated carbocycles. The van der Waals surface area contributed by atoms with Crippen molar-refractivity contribution in [1.29, 1.82) is 0 Å². The number of aromatic nitrogens is 1. The lowest BCUT2D eigenvalue weighted by atomic mass is 10.1. The molecule has 100 valence electrons. The highest BCUT2D eigenvalue weighted by atomic mass is 16.6. The van der Waals surface area contributed by atoms with Crippen LogP contribution >= 0.6 is 0 Å². The minimum atomic E-state index is -0.546. The van der Waals surface area contributed by atoms with E-state index in [1.54, 1.807) is 18.2 Å². The number of ether oxygens (including phenoxy) is 1. The fourth-order valence-corrected chi connectivity index (χ4v) is 2.01. The van der Waals surface area contributed by atoms with Crippen LogP contribution in [0.3, 0.4) is 0 Å². The summed E-state index contributed by atoms with van der Waals surface area (Å²) in [5, 5.41) is 0.719. The van der Waals surface area contributed by atoms with Crippen LogP contribution in [-0.4, -0.2) is 22.8 Å².